The molecule has 3 aliphatic rings. The Morgan fingerprint density at radius 1 is 0.941 bits per heavy atom. The van der Waals surface area contributed by atoms with Crippen LogP contribution in [-0.2, 0) is 23.8 Å². The summed E-state index contributed by atoms with van der Waals surface area (Å²) in [5, 5.41) is 58.2. The lowest BCUT2D eigenvalue weighted by Gasteiger charge is -2.46. The molecule has 3 rings (SSSR count). The zero-order valence-corrected chi connectivity index (χ0v) is 19.6. The van der Waals surface area contributed by atoms with Gasteiger partial charge in [-0.2, -0.15) is 0 Å². The lowest BCUT2D eigenvalue weighted by molar-refractivity contribution is -0.335. The zero-order valence-electron chi connectivity index (χ0n) is 19.6. The van der Waals surface area contributed by atoms with Gasteiger partial charge in [-0.3, -0.25) is 9.59 Å². The third-order valence-electron chi connectivity index (χ3n) is 6.30. The maximum atomic E-state index is 11.1. The van der Waals surface area contributed by atoms with Crippen LogP contribution in [0.15, 0.2) is 12.2 Å². The Labute approximate surface area is 197 Å². The number of aliphatic hydroxyl groups is 6. The van der Waals surface area contributed by atoms with Gasteiger partial charge in [-0.05, 0) is 12.3 Å². The van der Waals surface area contributed by atoms with E-state index in [4.69, 9.17) is 25.1 Å². The fourth-order valence-corrected chi connectivity index (χ4v) is 4.11. The molecule has 1 saturated carbocycles. The molecule has 0 aromatic carbocycles. The number of carbonyl (C=O) groups excluding carboxylic acids is 2. The van der Waals surface area contributed by atoms with Crippen LogP contribution in [0.1, 0.15) is 33.6 Å². The maximum absolute atomic E-state index is 11.1. The molecule has 12 heteroatoms. The van der Waals surface area contributed by atoms with Gasteiger partial charge in [0.2, 0.25) is 0 Å². The summed E-state index contributed by atoms with van der Waals surface area (Å²) in [7, 11) is 0. The van der Waals surface area contributed by atoms with E-state index < -0.39 is 74.4 Å². The van der Waals surface area contributed by atoms with Gasteiger partial charge in [0.15, 0.2) is 17.9 Å². The van der Waals surface area contributed by atoms with E-state index >= 15 is 0 Å². The van der Waals surface area contributed by atoms with Crippen LogP contribution in [0, 0.1) is 5.41 Å². The number of Topliss-reactive ketones (excluding diaryl/α,β-unsaturated/α-hetero) is 2. The second kappa shape index (κ2) is 11.6. The summed E-state index contributed by atoms with van der Waals surface area (Å²) in [6.45, 7) is 7.87. The van der Waals surface area contributed by atoms with Crippen molar-refractivity contribution in [3.8, 4) is 0 Å². The molecule has 10 unspecified atom stereocenters. The molecule has 196 valence electrons. The Morgan fingerprint density at radius 2 is 1.47 bits per heavy atom. The van der Waals surface area contributed by atoms with Crippen molar-refractivity contribution in [3.63, 3.8) is 0 Å². The van der Waals surface area contributed by atoms with Crippen LogP contribution >= 0.6 is 0 Å². The second-order valence-corrected chi connectivity index (χ2v) is 9.77. The van der Waals surface area contributed by atoms with Crippen LogP contribution in [0.2, 0.25) is 0 Å². The molecule has 34 heavy (non-hydrogen) atoms. The van der Waals surface area contributed by atoms with Crippen molar-refractivity contribution < 1.29 is 54.4 Å². The zero-order chi connectivity index (χ0) is 26.0. The molecular weight excluding hydrogens is 454 g/mol. The highest BCUT2D eigenvalue weighted by atomic mass is 16.7. The Balaban J connectivity index is 0.000000310. The monoisotopic (exact) mass is 491 g/mol. The molecule has 2 saturated heterocycles. The van der Waals surface area contributed by atoms with Gasteiger partial charge in [-0.25, -0.2) is 0 Å². The summed E-state index contributed by atoms with van der Waals surface area (Å²) < 4.78 is 16.1. The number of hydrogen-bond acceptors (Lipinski definition) is 12. The predicted molar refractivity (Wildman–Crippen MR) is 116 cm³/mol. The van der Waals surface area contributed by atoms with E-state index in [1.807, 2.05) is 13.8 Å². The largest absolute Gasteiger partial charge is 0.394 e. The van der Waals surface area contributed by atoms with E-state index in [2.05, 4.69) is 6.58 Å². The number of allylic oxidation sites excluding steroid dienone is 1. The standard InChI is InChI=1S/C13H25NO9.C9H12O2/c1-4-7(14)9(18)12(6(3-16)21-4)23-13-11(20)10(19)8(17)5(2-15)22-13;1-6-7(10)4-9(2,3)5-8(6)11/h4-13,15-20H,2-3,14H2,1H3;1,4-5H2,2-3H3. The molecule has 10 atom stereocenters. The first-order valence-corrected chi connectivity index (χ1v) is 11.1. The van der Waals surface area contributed by atoms with E-state index in [0.29, 0.717) is 12.8 Å². The Morgan fingerprint density at radius 3 is 1.97 bits per heavy atom. The van der Waals surface area contributed by atoms with E-state index in [0.717, 1.165) is 0 Å². The Kier molecular flexibility index (Phi) is 9.87. The Hall–Kier alpha value is -1.32. The molecule has 0 amide bonds. The third kappa shape index (κ3) is 6.46. The van der Waals surface area contributed by atoms with Gasteiger partial charge in [0.1, 0.15) is 42.7 Å². The van der Waals surface area contributed by atoms with Crippen LogP contribution in [0.4, 0.5) is 0 Å². The second-order valence-electron chi connectivity index (χ2n) is 9.77. The first-order chi connectivity index (χ1) is 15.7. The average molecular weight is 492 g/mol. The third-order valence-corrected chi connectivity index (χ3v) is 6.30. The number of rotatable bonds is 4. The normalized spacial score (nSPS) is 42.7. The minimum absolute atomic E-state index is 0.0914. The molecule has 1 aliphatic carbocycles. The smallest absolute Gasteiger partial charge is 0.187 e. The number of nitrogens with two attached hydrogens (primary N) is 1. The van der Waals surface area contributed by atoms with E-state index in [1.165, 1.54) is 0 Å². The molecule has 0 radical (unpaired) electrons. The van der Waals surface area contributed by atoms with Crippen molar-refractivity contribution in [2.45, 2.75) is 94.8 Å². The summed E-state index contributed by atoms with van der Waals surface area (Å²) in [6.07, 6.45) is -10.2. The minimum atomic E-state index is -1.62. The lowest BCUT2D eigenvalue weighted by atomic mass is 9.74. The number of ketones is 2. The van der Waals surface area contributed by atoms with Crippen molar-refractivity contribution in [3.05, 3.63) is 12.2 Å². The van der Waals surface area contributed by atoms with Gasteiger partial charge in [-0.15, -0.1) is 0 Å². The summed E-state index contributed by atoms with van der Waals surface area (Å²) in [4.78, 5) is 22.2. The molecule has 8 N–H and O–H groups in total. The number of aliphatic hydroxyl groups excluding tert-OH is 6. The molecule has 0 aromatic heterocycles. The van der Waals surface area contributed by atoms with Crippen molar-refractivity contribution in [2.24, 2.45) is 11.1 Å². The highest BCUT2D eigenvalue weighted by Gasteiger charge is 2.49. The SMILES string of the molecule is C=C1C(=O)CC(C)(C)CC1=O.CC1OC(CO)C(OC2OC(CO)C(O)C(O)C2O)C(O)C1N. The van der Waals surface area contributed by atoms with Crippen molar-refractivity contribution in [1.29, 1.82) is 0 Å². The maximum Gasteiger partial charge on any atom is 0.187 e. The van der Waals surface area contributed by atoms with Crippen LogP contribution < -0.4 is 5.73 Å². The highest BCUT2D eigenvalue weighted by Crippen LogP contribution is 2.32. The van der Waals surface area contributed by atoms with Crippen LogP contribution in [0.25, 0.3) is 0 Å². The van der Waals surface area contributed by atoms with Crippen molar-refractivity contribution in [1.82, 2.24) is 0 Å². The van der Waals surface area contributed by atoms with Crippen molar-refractivity contribution in [2.75, 3.05) is 13.2 Å². The minimum Gasteiger partial charge on any atom is -0.394 e. The van der Waals surface area contributed by atoms with E-state index in [9.17, 15) is 35.1 Å². The Bertz CT molecular complexity index is 718. The number of carbonyl (C=O) groups is 2. The van der Waals surface area contributed by atoms with Gasteiger partial charge < -0.3 is 50.6 Å². The van der Waals surface area contributed by atoms with Crippen LogP contribution in [0.5, 0.6) is 0 Å². The average Bonchev–Trinajstić information content (AvgIpc) is 2.77. The van der Waals surface area contributed by atoms with Gasteiger partial charge in [0.05, 0.1) is 30.9 Å². The van der Waals surface area contributed by atoms with Crippen molar-refractivity contribution >= 4 is 11.6 Å². The summed E-state index contributed by atoms with van der Waals surface area (Å²) >= 11 is 0. The molecule has 0 aromatic rings. The molecule has 2 aliphatic heterocycles. The van der Waals surface area contributed by atoms with Gasteiger partial charge in [0.25, 0.3) is 0 Å². The van der Waals surface area contributed by atoms with E-state index in [-0.39, 0.29) is 22.6 Å². The molecule has 3 fully saturated rings. The summed E-state index contributed by atoms with van der Waals surface area (Å²) in [5.41, 5.74) is 5.83. The van der Waals surface area contributed by atoms with Gasteiger partial charge >= 0.3 is 0 Å². The molecule has 2 heterocycles. The summed E-state index contributed by atoms with van der Waals surface area (Å²) in [5.74, 6) is -0.183. The molecule has 0 bridgehead atoms. The number of hydrogen-bond donors (Lipinski definition) is 7. The first kappa shape index (κ1) is 28.9. The molecular formula is C22H37NO11. The predicted octanol–water partition coefficient (Wildman–Crippen LogP) is -2.86. The van der Waals surface area contributed by atoms with E-state index in [1.54, 1.807) is 6.92 Å². The fraction of sp³-hybridized carbons (Fsp3) is 0.818. The summed E-state index contributed by atoms with van der Waals surface area (Å²) in [6, 6.07) is -0.785. The highest BCUT2D eigenvalue weighted by molar-refractivity contribution is 6.21. The number of ether oxygens (including phenoxy) is 3. The van der Waals surface area contributed by atoms with Crippen LogP contribution in [0.3, 0.4) is 0 Å². The lowest BCUT2D eigenvalue weighted by Crippen LogP contribution is -2.65. The fourth-order valence-electron chi connectivity index (χ4n) is 4.11. The van der Waals surface area contributed by atoms with Gasteiger partial charge in [0, 0.05) is 12.8 Å². The topological polar surface area (TPSA) is 209 Å². The first-order valence-electron chi connectivity index (χ1n) is 11.1. The van der Waals surface area contributed by atoms with Crippen LogP contribution in [-0.4, -0.2) is 117 Å². The quantitative estimate of drug-likeness (QED) is 0.156. The van der Waals surface area contributed by atoms with Gasteiger partial charge in [-0.1, -0.05) is 20.4 Å². The molecule has 0 spiro atoms. The molecule has 12 nitrogen and oxygen atoms in total.